The van der Waals surface area contributed by atoms with E-state index in [2.05, 4.69) is 15.6 Å². The number of hydrogen-bond acceptors (Lipinski definition) is 4. The van der Waals surface area contributed by atoms with Crippen LogP contribution in [0.4, 0.5) is 0 Å². The number of piperidine rings is 1. The number of sulfonamides is 1. The Morgan fingerprint density at radius 3 is 2.35 bits per heavy atom. The number of guanidine groups is 1. The molecular formula is C23H32N4O3S. The molecule has 0 unspecified atom stereocenters. The van der Waals surface area contributed by atoms with E-state index in [-0.39, 0.29) is 0 Å². The number of ether oxygens (including phenoxy) is 1. The van der Waals surface area contributed by atoms with Crippen molar-refractivity contribution in [2.75, 3.05) is 33.3 Å². The number of methoxy groups -OCH3 is 1. The predicted molar refractivity (Wildman–Crippen MR) is 124 cm³/mol. The normalized spacial score (nSPS) is 16.1. The summed E-state index contributed by atoms with van der Waals surface area (Å²) < 4.78 is 32.3. The second-order valence-electron chi connectivity index (χ2n) is 7.58. The molecule has 0 aliphatic carbocycles. The Bertz CT molecular complexity index is 939. The molecule has 1 heterocycles. The quantitative estimate of drug-likeness (QED) is 0.483. The lowest BCUT2D eigenvalue weighted by Gasteiger charge is -2.31. The number of rotatable bonds is 8. The Kier molecular flexibility index (Phi) is 8.31. The van der Waals surface area contributed by atoms with Gasteiger partial charge in [0.05, 0.1) is 18.6 Å². The van der Waals surface area contributed by atoms with Crippen molar-refractivity contribution in [1.29, 1.82) is 0 Å². The van der Waals surface area contributed by atoms with Gasteiger partial charge in [-0.15, -0.1) is 0 Å². The molecule has 0 bridgehead atoms. The zero-order valence-electron chi connectivity index (χ0n) is 18.3. The zero-order valence-corrected chi connectivity index (χ0v) is 19.1. The first kappa shape index (κ1) is 23.1. The van der Waals surface area contributed by atoms with E-state index in [4.69, 9.17) is 4.74 Å². The molecule has 3 rings (SSSR count). The summed E-state index contributed by atoms with van der Waals surface area (Å²) >= 11 is 0. The van der Waals surface area contributed by atoms with Crippen molar-refractivity contribution >= 4 is 16.0 Å². The van der Waals surface area contributed by atoms with Crippen LogP contribution in [0.2, 0.25) is 0 Å². The van der Waals surface area contributed by atoms with E-state index in [1.807, 2.05) is 37.3 Å². The lowest BCUT2D eigenvalue weighted by Crippen LogP contribution is -2.44. The molecule has 1 aliphatic rings. The number of nitrogens with one attached hydrogen (secondary N) is 2. The fourth-order valence-corrected chi connectivity index (χ4v) is 5.07. The summed E-state index contributed by atoms with van der Waals surface area (Å²) in [5.41, 5.74) is 1.11. The maximum atomic E-state index is 12.8. The minimum Gasteiger partial charge on any atom is -0.497 e. The largest absolute Gasteiger partial charge is 0.497 e. The van der Waals surface area contributed by atoms with Gasteiger partial charge in [-0.3, -0.25) is 0 Å². The molecule has 0 aromatic heterocycles. The SMILES string of the molecule is CCNC(=NCc1ccc(OC)cc1)NCC1CCN(S(=O)(=O)c2ccccc2)CC1. The highest BCUT2D eigenvalue weighted by Gasteiger charge is 2.29. The molecule has 2 aromatic carbocycles. The third-order valence-corrected chi connectivity index (χ3v) is 7.35. The highest BCUT2D eigenvalue weighted by atomic mass is 32.2. The molecule has 0 amide bonds. The highest BCUT2D eigenvalue weighted by molar-refractivity contribution is 7.89. The van der Waals surface area contributed by atoms with E-state index in [1.165, 1.54) is 0 Å². The van der Waals surface area contributed by atoms with Gasteiger partial charge in [0.1, 0.15) is 5.75 Å². The topological polar surface area (TPSA) is 83.0 Å². The maximum absolute atomic E-state index is 12.8. The lowest BCUT2D eigenvalue weighted by molar-refractivity contribution is 0.273. The summed E-state index contributed by atoms with van der Waals surface area (Å²) in [5, 5.41) is 6.69. The fourth-order valence-electron chi connectivity index (χ4n) is 3.58. The average Bonchev–Trinajstić information content (AvgIpc) is 2.82. The molecule has 0 atom stereocenters. The van der Waals surface area contributed by atoms with E-state index in [1.54, 1.807) is 35.7 Å². The summed E-state index contributed by atoms with van der Waals surface area (Å²) in [6.45, 7) is 5.26. The first-order chi connectivity index (χ1) is 15.0. The Morgan fingerprint density at radius 2 is 1.74 bits per heavy atom. The monoisotopic (exact) mass is 444 g/mol. The molecule has 8 heteroatoms. The van der Waals surface area contributed by atoms with Crippen LogP contribution in [0.1, 0.15) is 25.3 Å². The molecule has 2 aromatic rings. The predicted octanol–water partition coefficient (Wildman–Crippen LogP) is 2.85. The summed E-state index contributed by atoms with van der Waals surface area (Å²) in [4.78, 5) is 5.03. The molecule has 31 heavy (non-hydrogen) atoms. The smallest absolute Gasteiger partial charge is 0.243 e. The number of aliphatic imine (C=N–C) groups is 1. The van der Waals surface area contributed by atoms with Crippen molar-refractivity contribution in [3.63, 3.8) is 0 Å². The van der Waals surface area contributed by atoms with Crippen molar-refractivity contribution in [3.05, 3.63) is 60.2 Å². The van der Waals surface area contributed by atoms with Gasteiger partial charge in [-0.2, -0.15) is 4.31 Å². The molecule has 2 N–H and O–H groups in total. The fraction of sp³-hybridized carbons (Fsp3) is 0.435. The lowest BCUT2D eigenvalue weighted by atomic mass is 9.98. The molecule has 7 nitrogen and oxygen atoms in total. The van der Waals surface area contributed by atoms with E-state index >= 15 is 0 Å². The van der Waals surface area contributed by atoms with Crippen molar-refractivity contribution < 1.29 is 13.2 Å². The second kappa shape index (κ2) is 11.2. The minimum absolute atomic E-state index is 0.367. The van der Waals surface area contributed by atoms with Gasteiger partial charge in [-0.05, 0) is 55.5 Å². The number of benzene rings is 2. The van der Waals surface area contributed by atoms with E-state index < -0.39 is 10.0 Å². The van der Waals surface area contributed by atoms with Crippen LogP contribution in [-0.2, 0) is 16.6 Å². The molecule has 1 saturated heterocycles. The summed E-state index contributed by atoms with van der Waals surface area (Å²) in [6, 6.07) is 16.5. The van der Waals surface area contributed by atoms with Crippen molar-refractivity contribution in [2.45, 2.75) is 31.2 Å². The molecule has 1 aliphatic heterocycles. The van der Waals surface area contributed by atoms with Gasteiger partial charge in [0.2, 0.25) is 10.0 Å². The van der Waals surface area contributed by atoms with Crippen LogP contribution in [0, 0.1) is 5.92 Å². The van der Waals surface area contributed by atoms with Gasteiger partial charge in [-0.25, -0.2) is 13.4 Å². The minimum atomic E-state index is -3.40. The van der Waals surface area contributed by atoms with Gasteiger partial charge < -0.3 is 15.4 Å². The molecule has 168 valence electrons. The van der Waals surface area contributed by atoms with Crippen LogP contribution in [0.5, 0.6) is 5.75 Å². The van der Waals surface area contributed by atoms with Crippen LogP contribution in [-0.4, -0.2) is 52.0 Å². The molecular weight excluding hydrogens is 412 g/mol. The standard InChI is InChI=1S/C23H32N4O3S/c1-3-24-23(25-17-19-9-11-21(30-2)12-10-19)26-18-20-13-15-27(16-14-20)31(28,29)22-7-5-4-6-8-22/h4-12,20H,3,13-18H2,1-2H3,(H2,24,25,26). The Hall–Kier alpha value is -2.58. The van der Waals surface area contributed by atoms with Gasteiger partial charge in [0, 0.05) is 26.2 Å². The van der Waals surface area contributed by atoms with Gasteiger partial charge in [0.25, 0.3) is 0 Å². The van der Waals surface area contributed by atoms with Crippen LogP contribution >= 0.6 is 0 Å². The van der Waals surface area contributed by atoms with Gasteiger partial charge in [0.15, 0.2) is 5.96 Å². The molecule has 1 fully saturated rings. The third-order valence-electron chi connectivity index (χ3n) is 5.44. The first-order valence-electron chi connectivity index (χ1n) is 10.7. The first-order valence-corrected chi connectivity index (χ1v) is 12.2. The third kappa shape index (κ3) is 6.45. The second-order valence-corrected chi connectivity index (χ2v) is 9.52. The van der Waals surface area contributed by atoms with E-state index in [9.17, 15) is 8.42 Å². The summed E-state index contributed by atoms with van der Waals surface area (Å²) in [7, 11) is -1.75. The van der Waals surface area contributed by atoms with Gasteiger partial charge in [-0.1, -0.05) is 30.3 Å². The zero-order chi connectivity index (χ0) is 22.1. The molecule has 0 spiro atoms. The highest BCUT2D eigenvalue weighted by Crippen LogP contribution is 2.23. The Balaban J connectivity index is 1.50. The average molecular weight is 445 g/mol. The van der Waals surface area contributed by atoms with Crippen LogP contribution < -0.4 is 15.4 Å². The van der Waals surface area contributed by atoms with Gasteiger partial charge >= 0.3 is 0 Å². The van der Waals surface area contributed by atoms with Crippen LogP contribution in [0.15, 0.2) is 64.5 Å². The number of hydrogen-bond donors (Lipinski definition) is 2. The van der Waals surface area contributed by atoms with Crippen molar-refractivity contribution in [1.82, 2.24) is 14.9 Å². The van der Waals surface area contributed by atoms with Crippen molar-refractivity contribution in [3.8, 4) is 5.75 Å². The van der Waals surface area contributed by atoms with E-state index in [0.29, 0.717) is 30.4 Å². The summed E-state index contributed by atoms with van der Waals surface area (Å²) in [5.74, 6) is 2.02. The summed E-state index contributed by atoms with van der Waals surface area (Å²) in [6.07, 6.45) is 1.66. The number of nitrogens with zero attached hydrogens (tertiary/aromatic N) is 2. The van der Waals surface area contributed by atoms with Crippen LogP contribution in [0.3, 0.4) is 0 Å². The Morgan fingerprint density at radius 1 is 1.06 bits per heavy atom. The molecule has 0 saturated carbocycles. The van der Waals surface area contributed by atoms with E-state index in [0.717, 1.165) is 43.2 Å². The van der Waals surface area contributed by atoms with Crippen LogP contribution in [0.25, 0.3) is 0 Å². The Labute approximate surface area is 185 Å². The molecule has 0 radical (unpaired) electrons. The maximum Gasteiger partial charge on any atom is 0.243 e. The van der Waals surface area contributed by atoms with Crippen molar-refractivity contribution in [2.24, 2.45) is 10.9 Å².